The third-order valence-corrected chi connectivity index (χ3v) is 4.42. The van der Waals surface area contributed by atoms with E-state index in [0.717, 1.165) is 24.2 Å². The van der Waals surface area contributed by atoms with Crippen molar-refractivity contribution in [2.45, 2.75) is 25.9 Å². The Labute approximate surface area is 125 Å². The predicted octanol–water partition coefficient (Wildman–Crippen LogP) is 2.08. The van der Waals surface area contributed by atoms with Crippen LogP contribution in [0, 0.1) is 5.92 Å². The molecule has 2 heterocycles. The van der Waals surface area contributed by atoms with Gasteiger partial charge in [-0.2, -0.15) is 0 Å². The number of carbonyl (C=O) groups excluding carboxylic acids is 1. The second-order valence-corrected chi connectivity index (χ2v) is 5.87. The van der Waals surface area contributed by atoms with Crippen LogP contribution in [0.25, 0.3) is 6.08 Å². The second kappa shape index (κ2) is 5.90. The fraction of sp³-hybridized carbons (Fsp3) is 0.471. The topological polar surface area (TPSA) is 49.8 Å². The Bertz CT molecular complexity index is 557. The number of aliphatic hydroxyl groups excluding tert-OH is 1. The van der Waals surface area contributed by atoms with E-state index in [9.17, 15) is 9.90 Å². The van der Waals surface area contributed by atoms with Crippen molar-refractivity contribution in [2.75, 3.05) is 19.7 Å². The van der Waals surface area contributed by atoms with Crippen LogP contribution >= 0.6 is 0 Å². The van der Waals surface area contributed by atoms with Crippen molar-refractivity contribution in [3.63, 3.8) is 0 Å². The van der Waals surface area contributed by atoms with Crippen molar-refractivity contribution >= 4 is 12.0 Å². The van der Waals surface area contributed by atoms with Gasteiger partial charge in [0.05, 0.1) is 11.7 Å². The van der Waals surface area contributed by atoms with Crippen LogP contribution < -0.4 is 4.74 Å². The fourth-order valence-electron chi connectivity index (χ4n) is 3.03. The summed E-state index contributed by atoms with van der Waals surface area (Å²) in [6, 6.07) is 7.75. The molecule has 4 nitrogen and oxygen atoms in total. The van der Waals surface area contributed by atoms with Gasteiger partial charge in [-0.1, -0.05) is 18.2 Å². The molecule has 0 radical (unpaired) electrons. The lowest BCUT2D eigenvalue weighted by Gasteiger charge is -2.34. The highest BCUT2D eigenvalue weighted by Crippen LogP contribution is 2.28. The van der Waals surface area contributed by atoms with Crippen LogP contribution in [0.5, 0.6) is 5.75 Å². The molecule has 0 saturated carbocycles. The maximum atomic E-state index is 12.6. The number of hydrogen-bond acceptors (Lipinski definition) is 3. The molecular weight excluding hydrogens is 266 g/mol. The quantitative estimate of drug-likeness (QED) is 0.906. The molecule has 21 heavy (non-hydrogen) atoms. The zero-order valence-corrected chi connectivity index (χ0v) is 12.3. The molecule has 1 aromatic rings. The molecule has 1 amide bonds. The highest BCUT2D eigenvalue weighted by atomic mass is 16.5. The van der Waals surface area contributed by atoms with Crippen molar-refractivity contribution in [1.29, 1.82) is 0 Å². The number of nitrogens with zero attached hydrogens (tertiary/aromatic N) is 1. The van der Waals surface area contributed by atoms with Crippen LogP contribution in [-0.2, 0) is 4.79 Å². The SMILES string of the molecule is CC(O)C1CCN(C(=O)C2=Cc3ccccc3OC2)CC1. The number of piperidine rings is 1. The molecule has 0 bridgehead atoms. The molecule has 0 spiro atoms. The van der Waals surface area contributed by atoms with E-state index in [1.54, 1.807) is 0 Å². The number of amides is 1. The van der Waals surface area contributed by atoms with Crippen LogP contribution in [0.4, 0.5) is 0 Å². The van der Waals surface area contributed by atoms with Gasteiger partial charge < -0.3 is 14.7 Å². The highest BCUT2D eigenvalue weighted by molar-refractivity contribution is 5.99. The van der Waals surface area contributed by atoms with Crippen LogP contribution in [0.15, 0.2) is 29.8 Å². The first-order valence-corrected chi connectivity index (χ1v) is 7.55. The summed E-state index contributed by atoms with van der Waals surface area (Å²) in [6.45, 7) is 3.60. The van der Waals surface area contributed by atoms with Crippen molar-refractivity contribution in [3.05, 3.63) is 35.4 Å². The van der Waals surface area contributed by atoms with Gasteiger partial charge in [0.1, 0.15) is 12.4 Å². The number of benzene rings is 1. The van der Waals surface area contributed by atoms with E-state index in [4.69, 9.17) is 4.74 Å². The molecule has 2 aliphatic heterocycles. The van der Waals surface area contributed by atoms with Gasteiger partial charge in [0.2, 0.25) is 0 Å². The van der Waals surface area contributed by atoms with Crippen LogP contribution in [-0.4, -0.2) is 41.7 Å². The Balaban J connectivity index is 1.69. The summed E-state index contributed by atoms with van der Waals surface area (Å²) in [5.41, 5.74) is 1.68. The molecular formula is C17H21NO3. The molecule has 2 aliphatic rings. The molecule has 112 valence electrons. The Hall–Kier alpha value is -1.81. The van der Waals surface area contributed by atoms with Crippen molar-refractivity contribution in [2.24, 2.45) is 5.92 Å². The number of aliphatic hydroxyl groups is 1. The number of carbonyl (C=O) groups is 1. The van der Waals surface area contributed by atoms with E-state index in [1.807, 2.05) is 42.2 Å². The molecule has 1 unspecified atom stereocenters. The monoisotopic (exact) mass is 287 g/mol. The van der Waals surface area contributed by atoms with Crippen LogP contribution in [0.2, 0.25) is 0 Å². The van der Waals surface area contributed by atoms with Gasteiger partial charge in [-0.3, -0.25) is 4.79 Å². The zero-order valence-electron chi connectivity index (χ0n) is 12.3. The Morgan fingerprint density at radius 3 is 2.76 bits per heavy atom. The maximum absolute atomic E-state index is 12.6. The standard InChI is InChI=1S/C17H21NO3/c1-12(19)13-6-8-18(9-7-13)17(20)15-10-14-4-2-3-5-16(14)21-11-15/h2-5,10,12-13,19H,6-9,11H2,1H3. The summed E-state index contributed by atoms with van der Waals surface area (Å²) in [5.74, 6) is 1.21. The summed E-state index contributed by atoms with van der Waals surface area (Å²) in [4.78, 5) is 14.4. The third kappa shape index (κ3) is 2.95. The molecule has 1 atom stereocenters. The van der Waals surface area contributed by atoms with E-state index in [0.29, 0.717) is 31.2 Å². The molecule has 3 rings (SSSR count). The van der Waals surface area contributed by atoms with Crippen molar-refractivity contribution in [3.8, 4) is 5.75 Å². The van der Waals surface area contributed by atoms with Crippen LogP contribution in [0.3, 0.4) is 0 Å². The van der Waals surface area contributed by atoms with E-state index < -0.39 is 0 Å². The van der Waals surface area contributed by atoms with Crippen molar-refractivity contribution < 1.29 is 14.6 Å². The summed E-state index contributed by atoms with van der Waals surface area (Å²) in [5, 5.41) is 9.63. The van der Waals surface area contributed by atoms with Gasteiger partial charge >= 0.3 is 0 Å². The Morgan fingerprint density at radius 2 is 2.05 bits per heavy atom. The second-order valence-electron chi connectivity index (χ2n) is 5.87. The average molecular weight is 287 g/mol. The molecule has 1 N–H and O–H groups in total. The minimum atomic E-state index is -0.286. The normalized spacial score (nSPS) is 20.3. The minimum absolute atomic E-state index is 0.0635. The molecule has 0 aliphatic carbocycles. The van der Waals surface area contributed by atoms with Crippen molar-refractivity contribution in [1.82, 2.24) is 4.90 Å². The average Bonchev–Trinajstić information content (AvgIpc) is 2.54. The van der Waals surface area contributed by atoms with E-state index in [2.05, 4.69) is 0 Å². The largest absolute Gasteiger partial charge is 0.488 e. The number of rotatable bonds is 2. The Morgan fingerprint density at radius 1 is 1.33 bits per heavy atom. The lowest BCUT2D eigenvalue weighted by molar-refractivity contribution is -0.129. The number of hydrogen-bond donors (Lipinski definition) is 1. The zero-order chi connectivity index (χ0) is 14.8. The Kier molecular flexibility index (Phi) is 3.97. The molecule has 1 saturated heterocycles. The lowest BCUT2D eigenvalue weighted by atomic mass is 9.92. The first kappa shape index (κ1) is 14.1. The lowest BCUT2D eigenvalue weighted by Crippen LogP contribution is -2.42. The predicted molar refractivity (Wildman–Crippen MR) is 80.9 cm³/mol. The summed E-state index contributed by atoms with van der Waals surface area (Å²) in [6.07, 6.45) is 3.39. The first-order valence-electron chi connectivity index (χ1n) is 7.55. The van der Waals surface area contributed by atoms with Crippen LogP contribution in [0.1, 0.15) is 25.3 Å². The number of ether oxygens (including phenoxy) is 1. The van der Waals surface area contributed by atoms with Gasteiger partial charge in [-0.05, 0) is 37.8 Å². The minimum Gasteiger partial charge on any atom is -0.488 e. The van der Waals surface area contributed by atoms with Gasteiger partial charge in [0.15, 0.2) is 0 Å². The summed E-state index contributed by atoms with van der Waals surface area (Å²) in [7, 11) is 0. The summed E-state index contributed by atoms with van der Waals surface area (Å²) >= 11 is 0. The maximum Gasteiger partial charge on any atom is 0.253 e. The first-order chi connectivity index (χ1) is 10.1. The summed E-state index contributed by atoms with van der Waals surface area (Å²) < 4.78 is 5.65. The third-order valence-electron chi connectivity index (χ3n) is 4.42. The molecule has 1 fully saturated rings. The molecule has 0 aromatic heterocycles. The fourth-order valence-corrected chi connectivity index (χ4v) is 3.03. The molecule has 4 heteroatoms. The number of para-hydroxylation sites is 1. The van der Waals surface area contributed by atoms with E-state index in [1.165, 1.54) is 0 Å². The highest BCUT2D eigenvalue weighted by Gasteiger charge is 2.28. The van der Waals surface area contributed by atoms with Gasteiger partial charge in [-0.25, -0.2) is 0 Å². The molecule has 1 aromatic carbocycles. The van der Waals surface area contributed by atoms with Gasteiger partial charge in [0, 0.05) is 18.7 Å². The van der Waals surface area contributed by atoms with Gasteiger partial charge in [-0.15, -0.1) is 0 Å². The van der Waals surface area contributed by atoms with E-state index >= 15 is 0 Å². The smallest absolute Gasteiger partial charge is 0.253 e. The van der Waals surface area contributed by atoms with E-state index in [-0.39, 0.29) is 12.0 Å². The number of fused-ring (bicyclic) bond motifs is 1. The van der Waals surface area contributed by atoms with Gasteiger partial charge in [0.25, 0.3) is 5.91 Å². The number of likely N-dealkylation sites (tertiary alicyclic amines) is 1.